The van der Waals surface area contributed by atoms with Gasteiger partial charge in [0.1, 0.15) is 0 Å². The number of hydrogen-bond acceptors (Lipinski definition) is 3. The summed E-state index contributed by atoms with van der Waals surface area (Å²) < 4.78 is 0. The minimum Gasteiger partial charge on any atom is -0.478 e. The van der Waals surface area contributed by atoms with E-state index in [1.165, 1.54) is 0 Å². The summed E-state index contributed by atoms with van der Waals surface area (Å²) >= 11 is 1.59. The number of rotatable bonds is 4. The van der Waals surface area contributed by atoms with Crippen molar-refractivity contribution in [3.05, 3.63) is 64.2 Å². The van der Waals surface area contributed by atoms with Crippen LogP contribution >= 0.6 is 11.8 Å². The number of carbonyl (C=O) groups excluding carboxylic acids is 1. The lowest BCUT2D eigenvalue weighted by Gasteiger charge is -2.12. The summed E-state index contributed by atoms with van der Waals surface area (Å²) in [5.41, 5.74) is 2.14. The summed E-state index contributed by atoms with van der Waals surface area (Å²) in [5, 5.41) is 9.39. The minimum absolute atomic E-state index is 0.0916. The molecule has 4 heteroatoms. The van der Waals surface area contributed by atoms with Crippen LogP contribution in [-0.4, -0.2) is 23.1 Å². The fourth-order valence-electron chi connectivity index (χ4n) is 2.27. The zero-order chi connectivity index (χ0) is 15.6. The summed E-state index contributed by atoms with van der Waals surface area (Å²) in [5.74, 6) is -1.32. The fourth-order valence-corrected chi connectivity index (χ4v) is 2.67. The maximum Gasteiger partial charge on any atom is 0.336 e. The van der Waals surface area contributed by atoms with E-state index in [9.17, 15) is 14.7 Å². The number of aromatic carboxylic acids is 1. The zero-order valence-corrected chi connectivity index (χ0v) is 13.0. The molecule has 0 bridgehead atoms. The van der Waals surface area contributed by atoms with Crippen LogP contribution in [0, 0.1) is 13.8 Å². The van der Waals surface area contributed by atoms with E-state index >= 15 is 0 Å². The number of hydrogen-bond donors (Lipinski definition) is 1. The molecule has 0 saturated carbocycles. The molecule has 0 saturated heterocycles. The van der Waals surface area contributed by atoms with E-state index in [4.69, 9.17) is 0 Å². The highest BCUT2D eigenvalue weighted by atomic mass is 32.2. The Bertz CT molecular complexity index is 703. The number of ketones is 1. The molecule has 0 atom stereocenters. The first-order valence-corrected chi connectivity index (χ1v) is 7.70. The molecule has 0 fully saturated rings. The highest BCUT2D eigenvalue weighted by Gasteiger charge is 2.22. The van der Waals surface area contributed by atoms with E-state index in [1.54, 1.807) is 49.9 Å². The Labute approximate surface area is 128 Å². The number of benzene rings is 2. The Morgan fingerprint density at radius 2 is 1.43 bits per heavy atom. The molecule has 0 aliphatic rings. The third-order valence-corrected chi connectivity index (χ3v) is 4.16. The molecule has 0 aromatic heterocycles. The molecule has 0 amide bonds. The summed E-state index contributed by atoms with van der Waals surface area (Å²) in [6.07, 6.45) is 1.96. The predicted molar refractivity (Wildman–Crippen MR) is 84.5 cm³/mol. The van der Waals surface area contributed by atoms with Crippen molar-refractivity contribution >= 4 is 23.5 Å². The molecule has 0 aliphatic carbocycles. The molecule has 0 aliphatic heterocycles. The van der Waals surface area contributed by atoms with Gasteiger partial charge < -0.3 is 5.11 Å². The van der Waals surface area contributed by atoms with E-state index in [2.05, 4.69) is 0 Å². The number of aryl methyl sites for hydroxylation is 2. The molecule has 21 heavy (non-hydrogen) atoms. The third kappa shape index (κ3) is 3.00. The van der Waals surface area contributed by atoms with E-state index in [1.807, 2.05) is 18.4 Å². The Hall–Kier alpha value is -2.07. The number of carbonyl (C=O) groups is 2. The van der Waals surface area contributed by atoms with E-state index in [0.717, 1.165) is 4.90 Å². The number of carboxylic acids is 1. The minimum atomic E-state index is -1.07. The summed E-state index contributed by atoms with van der Waals surface area (Å²) in [6, 6.07) is 10.7. The lowest BCUT2D eigenvalue weighted by Crippen LogP contribution is -2.13. The first-order chi connectivity index (χ1) is 9.95. The van der Waals surface area contributed by atoms with Gasteiger partial charge in [-0.05, 0) is 55.5 Å². The second-order valence-electron chi connectivity index (χ2n) is 4.81. The fraction of sp³-hybridized carbons (Fsp3) is 0.176. The molecule has 1 N–H and O–H groups in total. The molecule has 0 unspecified atom stereocenters. The molecule has 2 rings (SSSR count). The van der Waals surface area contributed by atoms with E-state index in [-0.39, 0.29) is 16.9 Å². The van der Waals surface area contributed by atoms with Gasteiger partial charge in [0.15, 0.2) is 5.78 Å². The quantitative estimate of drug-likeness (QED) is 0.686. The average Bonchev–Trinajstić information content (AvgIpc) is 2.48. The molecular weight excluding hydrogens is 284 g/mol. The summed E-state index contributed by atoms with van der Waals surface area (Å²) in [6.45, 7) is 3.46. The second kappa shape index (κ2) is 6.14. The predicted octanol–water partition coefficient (Wildman–Crippen LogP) is 3.95. The Morgan fingerprint density at radius 1 is 0.905 bits per heavy atom. The van der Waals surface area contributed by atoms with Crippen molar-refractivity contribution in [3.8, 4) is 0 Å². The van der Waals surface area contributed by atoms with Crippen LogP contribution in [0.2, 0.25) is 0 Å². The van der Waals surface area contributed by atoms with Crippen molar-refractivity contribution in [3.63, 3.8) is 0 Å². The molecule has 3 nitrogen and oxygen atoms in total. The van der Waals surface area contributed by atoms with Crippen molar-refractivity contribution in [2.45, 2.75) is 18.7 Å². The lowest BCUT2D eigenvalue weighted by atomic mass is 9.91. The lowest BCUT2D eigenvalue weighted by molar-refractivity contribution is 0.0692. The van der Waals surface area contributed by atoms with Crippen LogP contribution in [-0.2, 0) is 0 Å². The molecule has 0 heterocycles. The van der Waals surface area contributed by atoms with Crippen molar-refractivity contribution in [1.29, 1.82) is 0 Å². The topological polar surface area (TPSA) is 54.4 Å². The van der Waals surface area contributed by atoms with Crippen LogP contribution in [0.3, 0.4) is 0 Å². The largest absolute Gasteiger partial charge is 0.478 e. The van der Waals surface area contributed by atoms with Gasteiger partial charge in [0.05, 0.1) is 5.56 Å². The molecule has 0 spiro atoms. The second-order valence-corrected chi connectivity index (χ2v) is 5.69. The van der Waals surface area contributed by atoms with Crippen LogP contribution in [0.5, 0.6) is 0 Å². The van der Waals surface area contributed by atoms with Gasteiger partial charge in [-0.2, -0.15) is 0 Å². The van der Waals surface area contributed by atoms with E-state index < -0.39 is 5.97 Å². The highest BCUT2D eigenvalue weighted by Crippen LogP contribution is 2.23. The van der Waals surface area contributed by atoms with Crippen LogP contribution < -0.4 is 0 Å². The van der Waals surface area contributed by atoms with Gasteiger partial charge in [-0.3, -0.25) is 4.79 Å². The van der Waals surface area contributed by atoms with Crippen molar-refractivity contribution in [1.82, 2.24) is 0 Å². The van der Waals surface area contributed by atoms with Gasteiger partial charge >= 0.3 is 5.97 Å². The van der Waals surface area contributed by atoms with Gasteiger partial charge in [0, 0.05) is 16.0 Å². The molecule has 0 radical (unpaired) electrons. The number of thioether (sulfide) groups is 1. The summed E-state index contributed by atoms with van der Waals surface area (Å²) in [4.78, 5) is 25.2. The Kier molecular flexibility index (Phi) is 4.48. The van der Waals surface area contributed by atoms with Crippen LogP contribution in [0.4, 0.5) is 0 Å². The zero-order valence-electron chi connectivity index (χ0n) is 12.1. The normalized spacial score (nSPS) is 10.4. The monoisotopic (exact) mass is 300 g/mol. The standard InChI is InChI=1S/C17H16O3S/c1-10-4-5-11(2)15(17(19)20)14(10)16(18)12-6-8-13(21-3)9-7-12/h4-9H,1-3H3,(H,19,20). The number of carboxylic acid groups (broad SMARTS) is 1. The average molecular weight is 300 g/mol. The molecule has 2 aromatic rings. The smallest absolute Gasteiger partial charge is 0.336 e. The van der Waals surface area contributed by atoms with Crippen molar-refractivity contribution in [2.75, 3.05) is 6.26 Å². The SMILES string of the molecule is CSc1ccc(C(=O)c2c(C)ccc(C)c2C(=O)O)cc1. The van der Waals surface area contributed by atoms with Gasteiger partial charge in [-0.25, -0.2) is 4.79 Å². The van der Waals surface area contributed by atoms with Crippen molar-refractivity contribution < 1.29 is 14.7 Å². The van der Waals surface area contributed by atoms with Gasteiger partial charge in [-0.15, -0.1) is 11.8 Å². The molecule has 2 aromatic carbocycles. The Balaban J connectivity index is 2.57. The van der Waals surface area contributed by atoms with Crippen LogP contribution in [0.15, 0.2) is 41.3 Å². The van der Waals surface area contributed by atoms with E-state index in [0.29, 0.717) is 16.7 Å². The maximum atomic E-state index is 12.7. The summed E-state index contributed by atoms with van der Waals surface area (Å²) in [7, 11) is 0. The van der Waals surface area contributed by atoms with Gasteiger partial charge in [0.2, 0.25) is 0 Å². The van der Waals surface area contributed by atoms with Crippen LogP contribution in [0.1, 0.15) is 37.4 Å². The maximum absolute atomic E-state index is 12.7. The van der Waals surface area contributed by atoms with Gasteiger partial charge in [0.25, 0.3) is 0 Å². The highest BCUT2D eigenvalue weighted by molar-refractivity contribution is 7.98. The first kappa shape index (κ1) is 15.3. The third-order valence-electron chi connectivity index (χ3n) is 3.42. The molecular formula is C17H16O3S. The first-order valence-electron chi connectivity index (χ1n) is 6.48. The van der Waals surface area contributed by atoms with Gasteiger partial charge in [-0.1, -0.05) is 12.1 Å². The Morgan fingerprint density at radius 3 is 1.90 bits per heavy atom. The molecule has 108 valence electrons. The van der Waals surface area contributed by atoms with Crippen molar-refractivity contribution in [2.24, 2.45) is 0 Å². The van der Waals surface area contributed by atoms with Crippen LogP contribution in [0.25, 0.3) is 0 Å².